The molecule has 1 fully saturated rings. The third-order valence-electron chi connectivity index (χ3n) is 5.04. The number of carbonyl (C=O) groups is 1. The lowest BCUT2D eigenvalue weighted by molar-refractivity contribution is -0.162. The number of aromatic nitrogens is 1. The minimum atomic E-state index is -0.957. The molecule has 1 aromatic carbocycles. The van der Waals surface area contributed by atoms with Gasteiger partial charge in [-0.05, 0) is 39.0 Å². The Kier molecular flexibility index (Phi) is 7.80. The third kappa shape index (κ3) is 6.14. The lowest BCUT2D eigenvalue weighted by atomic mass is 10.00. The molecule has 0 spiro atoms. The van der Waals surface area contributed by atoms with Gasteiger partial charge in [0, 0.05) is 28.6 Å². The van der Waals surface area contributed by atoms with Gasteiger partial charge in [0.25, 0.3) is 5.56 Å². The average Bonchev–Trinajstić information content (AvgIpc) is 2.77. The largest absolute Gasteiger partial charge is 0.495 e. The fourth-order valence-corrected chi connectivity index (χ4v) is 3.77. The Hall–Kier alpha value is -2.86. The quantitative estimate of drug-likeness (QED) is 0.588. The highest BCUT2D eigenvalue weighted by Gasteiger charge is 2.32. The van der Waals surface area contributed by atoms with Gasteiger partial charge in [0.05, 0.1) is 50.9 Å². The van der Waals surface area contributed by atoms with Gasteiger partial charge >= 0.3 is 5.97 Å². The number of ether oxygens (including phenoxy) is 4. The van der Waals surface area contributed by atoms with Gasteiger partial charge in [0.2, 0.25) is 0 Å². The molecule has 0 N–H and O–H groups in total. The van der Waals surface area contributed by atoms with Crippen LogP contribution in [0.1, 0.15) is 38.8 Å². The Balaban J connectivity index is 2.09. The van der Waals surface area contributed by atoms with Crippen LogP contribution in [0.3, 0.4) is 0 Å². The summed E-state index contributed by atoms with van der Waals surface area (Å²) in [6.07, 6.45) is 1.28. The number of benzene rings is 1. The van der Waals surface area contributed by atoms with Crippen LogP contribution in [0.4, 0.5) is 0 Å². The molecular weight excluding hydrogens is 448 g/mol. The van der Waals surface area contributed by atoms with Crippen molar-refractivity contribution in [1.82, 2.24) is 4.57 Å². The summed E-state index contributed by atoms with van der Waals surface area (Å²) < 4.78 is 23.6. The van der Waals surface area contributed by atoms with Crippen LogP contribution in [0.15, 0.2) is 35.3 Å². The Morgan fingerprint density at radius 1 is 1.30 bits per heavy atom. The molecule has 1 aliphatic rings. The predicted octanol–water partition coefficient (Wildman–Crippen LogP) is 3.74. The maximum atomic E-state index is 13.2. The van der Waals surface area contributed by atoms with E-state index in [-0.39, 0.29) is 12.5 Å². The molecule has 176 valence electrons. The summed E-state index contributed by atoms with van der Waals surface area (Å²) in [5.41, 5.74) is 0.00510. The fourth-order valence-electron chi connectivity index (χ4n) is 3.60. The number of rotatable bonds is 6. The highest BCUT2D eigenvalue weighted by molar-refractivity contribution is 6.31. The summed E-state index contributed by atoms with van der Waals surface area (Å²) in [5.74, 6) is -0.253. The summed E-state index contributed by atoms with van der Waals surface area (Å²) in [6, 6.07) is 7.25. The van der Waals surface area contributed by atoms with Gasteiger partial charge in [-0.3, -0.25) is 9.36 Å². The molecule has 9 heteroatoms. The van der Waals surface area contributed by atoms with Crippen LogP contribution in [0.2, 0.25) is 5.02 Å². The van der Waals surface area contributed by atoms with E-state index in [1.807, 2.05) is 0 Å². The number of methoxy groups -OCH3 is 1. The van der Waals surface area contributed by atoms with E-state index in [4.69, 9.17) is 30.5 Å². The second-order valence-electron chi connectivity index (χ2n) is 8.66. The van der Waals surface area contributed by atoms with Crippen molar-refractivity contribution in [3.05, 3.63) is 51.4 Å². The molecule has 1 aliphatic heterocycles. The van der Waals surface area contributed by atoms with E-state index in [0.717, 1.165) is 0 Å². The summed E-state index contributed by atoms with van der Waals surface area (Å²) in [7, 11) is 1.45. The first-order valence-corrected chi connectivity index (χ1v) is 10.9. The van der Waals surface area contributed by atoms with Crippen LogP contribution in [0, 0.1) is 11.3 Å². The SMILES string of the molecule is COc1cn(C(CC2COCCO2)C(=O)OC(C)(C)C)c(=O)cc1-c1cc(Cl)ccc1C#N. The predicted molar refractivity (Wildman–Crippen MR) is 122 cm³/mol. The first kappa shape index (κ1) is 24.8. The maximum absolute atomic E-state index is 13.2. The second kappa shape index (κ2) is 10.4. The molecule has 0 amide bonds. The highest BCUT2D eigenvalue weighted by Crippen LogP contribution is 2.34. The molecule has 1 saturated heterocycles. The first-order chi connectivity index (χ1) is 15.6. The van der Waals surface area contributed by atoms with E-state index in [0.29, 0.717) is 47.3 Å². The normalized spacial score (nSPS) is 17.2. The Morgan fingerprint density at radius 2 is 2.06 bits per heavy atom. The topological polar surface area (TPSA) is 99.8 Å². The Bertz CT molecular complexity index is 1110. The van der Waals surface area contributed by atoms with Gasteiger partial charge in [-0.2, -0.15) is 5.26 Å². The Labute approximate surface area is 197 Å². The van der Waals surface area contributed by atoms with Gasteiger partial charge < -0.3 is 18.9 Å². The van der Waals surface area contributed by atoms with Crippen molar-refractivity contribution in [2.75, 3.05) is 26.9 Å². The van der Waals surface area contributed by atoms with Gasteiger partial charge in [-0.15, -0.1) is 0 Å². The molecule has 2 heterocycles. The number of nitriles is 1. The molecule has 2 aromatic rings. The van der Waals surface area contributed by atoms with E-state index < -0.39 is 23.2 Å². The van der Waals surface area contributed by atoms with Crippen molar-refractivity contribution in [2.45, 2.75) is 44.9 Å². The molecule has 0 radical (unpaired) electrons. The number of hydrogen-bond donors (Lipinski definition) is 0. The van der Waals surface area contributed by atoms with Crippen LogP contribution >= 0.6 is 11.6 Å². The molecular formula is C24H27ClN2O6. The summed E-state index contributed by atoms with van der Waals surface area (Å²) in [6.45, 7) is 6.49. The Morgan fingerprint density at radius 3 is 2.67 bits per heavy atom. The molecule has 3 rings (SSSR count). The van der Waals surface area contributed by atoms with Crippen molar-refractivity contribution in [3.63, 3.8) is 0 Å². The van der Waals surface area contributed by atoms with E-state index in [9.17, 15) is 14.9 Å². The van der Waals surface area contributed by atoms with Crippen LogP contribution in [-0.4, -0.2) is 49.2 Å². The van der Waals surface area contributed by atoms with Crippen LogP contribution in [-0.2, 0) is 19.0 Å². The minimum Gasteiger partial charge on any atom is -0.495 e. The van der Waals surface area contributed by atoms with E-state index in [1.54, 1.807) is 39.0 Å². The standard InChI is InChI=1S/C24H27ClN2O6/c1-24(2,3)33-23(29)20(10-17-14-31-7-8-32-17)27-13-21(30-4)19(11-22(27)28)18-9-16(25)6-5-15(18)12-26/h5-6,9,11,13,17,20H,7-8,10,14H2,1-4H3. The van der Waals surface area contributed by atoms with Gasteiger partial charge in [0.15, 0.2) is 0 Å². The molecule has 8 nitrogen and oxygen atoms in total. The number of hydrogen-bond acceptors (Lipinski definition) is 7. The second-order valence-corrected chi connectivity index (χ2v) is 9.09. The number of nitrogens with zero attached hydrogens (tertiary/aromatic N) is 2. The number of esters is 1. The monoisotopic (exact) mass is 474 g/mol. The number of halogens is 1. The molecule has 0 saturated carbocycles. The van der Waals surface area contributed by atoms with Gasteiger partial charge in [0.1, 0.15) is 17.4 Å². The molecule has 0 aliphatic carbocycles. The average molecular weight is 475 g/mol. The molecule has 0 bridgehead atoms. The van der Waals surface area contributed by atoms with Crippen molar-refractivity contribution < 1.29 is 23.7 Å². The van der Waals surface area contributed by atoms with E-state index in [2.05, 4.69) is 6.07 Å². The van der Waals surface area contributed by atoms with Crippen molar-refractivity contribution >= 4 is 17.6 Å². The summed E-state index contributed by atoms with van der Waals surface area (Å²) in [4.78, 5) is 26.3. The van der Waals surface area contributed by atoms with Crippen molar-refractivity contribution in [2.24, 2.45) is 0 Å². The van der Waals surface area contributed by atoms with E-state index >= 15 is 0 Å². The lowest BCUT2D eigenvalue weighted by Crippen LogP contribution is -2.39. The van der Waals surface area contributed by atoms with Gasteiger partial charge in [-0.25, -0.2) is 4.79 Å². The maximum Gasteiger partial charge on any atom is 0.329 e. The molecule has 1 aromatic heterocycles. The number of carbonyl (C=O) groups excluding carboxylic acids is 1. The molecule has 2 atom stereocenters. The zero-order valence-electron chi connectivity index (χ0n) is 19.1. The smallest absolute Gasteiger partial charge is 0.329 e. The minimum absolute atomic E-state index is 0.192. The van der Waals surface area contributed by atoms with Crippen molar-refractivity contribution in [3.8, 4) is 22.9 Å². The zero-order chi connectivity index (χ0) is 24.2. The lowest BCUT2D eigenvalue weighted by Gasteiger charge is -2.29. The number of pyridine rings is 1. The van der Waals surface area contributed by atoms with Crippen LogP contribution in [0.5, 0.6) is 5.75 Å². The molecule has 2 unspecified atom stereocenters. The zero-order valence-corrected chi connectivity index (χ0v) is 19.8. The fraction of sp³-hybridized carbons (Fsp3) is 0.458. The molecule has 33 heavy (non-hydrogen) atoms. The highest BCUT2D eigenvalue weighted by atomic mass is 35.5. The van der Waals surface area contributed by atoms with Crippen LogP contribution in [0.25, 0.3) is 11.1 Å². The van der Waals surface area contributed by atoms with Crippen molar-refractivity contribution in [1.29, 1.82) is 5.26 Å². The van der Waals surface area contributed by atoms with Gasteiger partial charge in [-0.1, -0.05) is 11.6 Å². The van der Waals surface area contributed by atoms with Crippen LogP contribution < -0.4 is 10.3 Å². The summed E-state index contributed by atoms with van der Waals surface area (Å²) >= 11 is 6.13. The van der Waals surface area contributed by atoms with E-state index in [1.165, 1.54) is 23.9 Å². The first-order valence-electron chi connectivity index (χ1n) is 10.6. The summed E-state index contributed by atoms with van der Waals surface area (Å²) in [5, 5.41) is 9.92. The third-order valence-corrected chi connectivity index (χ3v) is 5.28.